The first-order chi connectivity index (χ1) is 8.38. The summed E-state index contributed by atoms with van der Waals surface area (Å²) in [7, 11) is 0. The third-order valence-corrected chi connectivity index (χ3v) is 3.49. The van der Waals surface area contributed by atoms with Gasteiger partial charge in [0.2, 0.25) is 0 Å². The highest BCUT2D eigenvalue weighted by molar-refractivity contribution is 9.10. The van der Waals surface area contributed by atoms with Crippen LogP contribution in [-0.2, 0) is 6.42 Å². The first-order valence-electron chi connectivity index (χ1n) is 5.97. The molecule has 0 unspecified atom stereocenters. The molecule has 18 heavy (non-hydrogen) atoms. The average molecular weight is 308 g/mol. The van der Waals surface area contributed by atoms with Crippen molar-refractivity contribution in [3.8, 4) is 5.69 Å². The molecule has 0 aliphatic heterocycles. The van der Waals surface area contributed by atoms with Crippen LogP contribution in [0.25, 0.3) is 5.69 Å². The summed E-state index contributed by atoms with van der Waals surface area (Å²) in [5.74, 6) is 0.653. The first kappa shape index (κ1) is 13.1. The lowest BCUT2D eigenvalue weighted by Crippen LogP contribution is -2.10. The Hall–Kier alpha value is -1.29. The number of hydrogen-bond donors (Lipinski definition) is 1. The fourth-order valence-electron chi connectivity index (χ4n) is 1.84. The zero-order valence-electron chi connectivity index (χ0n) is 10.9. The molecule has 4 heteroatoms. The summed E-state index contributed by atoms with van der Waals surface area (Å²) in [5, 5.41) is 4.61. The van der Waals surface area contributed by atoms with Crippen LogP contribution in [0.3, 0.4) is 0 Å². The number of nitrogen functional groups attached to an aromatic ring is 1. The number of anilines is 1. The van der Waals surface area contributed by atoms with Crippen LogP contribution < -0.4 is 5.73 Å². The van der Waals surface area contributed by atoms with Crippen molar-refractivity contribution >= 4 is 21.7 Å². The lowest BCUT2D eigenvalue weighted by molar-refractivity contribution is 0.404. The number of nitrogens with two attached hydrogens (primary N) is 1. The van der Waals surface area contributed by atoms with Crippen molar-refractivity contribution in [1.29, 1.82) is 0 Å². The van der Waals surface area contributed by atoms with E-state index in [4.69, 9.17) is 5.73 Å². The number of halogens is 1. The zero-order valence-corrected chi connectivity index (χ0v) is 12.5. The van der Waals surface area contributed by atoms with Gasteiger partial charge < -0.3 is 5.73 Å². The predicted octanol–water partition coefficient (Wildman–Crippen LogP) is 3.81. The molecular formula is C14H18BrN3. The second kappa shape index (κ2) is 4.76. The van der Waals surface area contributed by atoms with Crippen LogP contribution in [-0.4, -0.2) is 9.78 Å². The summed E-state index contributed by atoms with van der Waals surface area (Å²) < 4.78 is 2.69. The Morgan fingerprint density at radius 1 is 1.22 bits per heavy atom. The van der Waals surface area contributed by atoms with Gasteiger partial charge in [0.15, 0.2) is 0 Å². The molecule has 0 fully saturated rings. The molecule has 2 aromatic rings. The topological polar surface area (TPSA) is 43.8 Å². The summed E-state index contributed by atoms with van der Waals surface area (Å²) in [4.78, 5) is 0. The van der Waals surface area contributed by atoms with Gasteiger partial charge in [-0.25, -0.2) is 4.68 Å². The van der Waals surface area contributed by atoms with Crippen molar-refractivity contribution in [2.45, 2.75) is 27.2 Å². The van der Waals surface area contributed by atoms with E-state index in [1.807, 2.05) is 30.3 Å². The number of benzene rings is 1. The smallest absolute Gasteiger partial charge is 0.141 e. The van der Waals surface area contributed by atoms with E-state index in [9.17, 15) is 0 Å². The number of para-hydroxylation sites is 1. The van der Waals surface area contributed by atoms with E-state index in [2.05, 4.69) is 41.8 Å². The normalized spacial score (nSPS) is 11.8. The van der Waals surface area contributed by atoms with E-state index >= 15 is 0 Å². The van der Waals surface area contributed by atoms with E-state index in [1.54, 1.807) is 4.68 Å². The molecule has 96 valence electrons. The Balaban J connectivity index is 2.43. The third kappa shape index (κ3) is 2.75. The van der Waals surface area contributed by atoms with E-state index in [0.29, 0.717) is 5.82 Å². The molecule has 0 aliphatic rings. The van der Waals surface area contributed by atoms with Gasteiger partial charge in [-0.2, -0.15) is 5.10 Å². The molecular weight excluding hydrogens is 290 g/mol. The molecule has 2 N–H and O–H groups in total. The maximum Gasteiger partial charge on any atom is 0.141 e. The lowest BCUT2D eigenvalue weighted by atomic mass is 9.91. The average Bonchev–Trinajstić information content (AvgIpc) is 2.57. The number of hydrogen-bond acceptors (Lipinski definition) is 2. The summed E-state index contributed by atoms with van der Waals surface area (Å²) >= 11 is 3.54. The quantitative estimate of drug-likeness (QED) is 0.917. The number of aromatic nitrogens is 2. The molecule has 3 nitrogen and oxygen atoms in total. The van der Waals surface area contributed by atoms with Gasteiger partial charge in [0.05, 0.1) is 15.9 Å². The Morgan fingerprint density at radius 3 is 2.39 bits per heavy atom. The van der Waals surface area contributed by atoms with Gasteiger partial charge in [0, 0.05) is 0 Å². The maximum absolute atomic E-state index is 6.11. The SMILES string of the molecule is CC(C)(C)Cc1nn(-c2ccccc2)c(N)c1Br. The minimum absolute atomic E-state index is 0.185. The summed E-state index contributed by atoms with van der Waals surface area (Å²) in [6.07, 6.45) is 0.887. The number of nitrogens with zero attached hydrogens (tertiary/aromatic N) is 2. The van der Waals surface area contributed by atoms with Gasteiger partial charge in [-0.05, 0) is 39.9 Å². The van der Waals surface area contributed by atoms with Crippen LogP contribution >= 0.6 is 15.9 Å². The Labute approximate surface area is 116 Å². The highest BCUT2D eigenvalue weighted by Crippen LogP contribution is 2.31. The molecule has 0 saturated carbocycles. The van der Waals surface area contributed by atoms with Crippen LogP contribution in [0.5, 0.6) is 0 Å². The first-order valence-corrected chi connectivity index (χ1v) is 6.76. The van der Waals surface area contributed by atoms with Gasteiger partial charge in [0.1, 0.15) is 5.82 Å². The molecule has 0 amide bonds. The number of rotatable bonds is 2. The third-order valence-electron chi connectivity index (χ3n) is 2.63. The zero-order chi connectivity index (χ0) is 13.3. The molecule has 1 aromatic carbocycles. The van der Waals surface area contributed by atoms with Crippen LogP contribution in [0.4, 0.5) is 5.82 Å². The highest BCUT2D eigenvalue weighted by Gasteiger charge is 2.20. The Morgan fingerprint density at radius 2 is 1.83 bits per heavy atom. The van der Waals surface area contributed by atoms with Crippen LogP contribution in [0.1, 0.15) is 26.5 Å². The monoisotopic (exact) mass is 307 g/mol. The molecule has 1 heterocycles. The Bertz CT molecular complexity index is 538. The minimum Gasteiger partial charge on any atom is -0.383 e. The van der Waals surface area contributed by atoms with Gasteiger partial charge in [-0.1, -0.05) is 39.0 Å². The maximum atomic E-state index is 6.11. The van der Waals surface area contributed by atoms with Gasteiger partial charge in [-0.3, -0.25) is 0 Å². The van der Waals surface area contributed by atoms with Crippen molar-refractivity contribution in [1.82, 2.24) is 9.78 Å². The van der Waals surface area contributed by atoms with Gasteiger partial charge >= 0.3 is 0 Å². The highest BCUT2D eigenvalue weighted by atomic mass is 79.9. The fraction of sp³-hybridized carbons (Fsp3) is 0.357. The van der Waals surface area contributed by atoms with Crippen molar-refractivity contribution < 1.29 is 0 Å². The van der Waals surface area contributed by atoms with E-state index in [0.717, 1.165) is 22.3 Å². The minimum atomic E-state index is 0.185. The molecule has 0 spiro atoms. The van der Waals surface area contributed by atoms with Crippen molar-refractivity contribution in [3.63, 3.8) is 0 Å². The van der Waals surface area contributed by atoms with Gasteiger partial charge in [0.25, 0.3) is 0 Å². The van der Waals surface area contributed by atoms with Crippen LogP contribution in [0.2, 0.25) is 0 Å². The Kier molecular flexibility index (Phi) is 3.48. The van der Waals surface area contributed by atoms with Crippen LogP contribution in [0.15, 0.2) is 34.8 Å². The predicted molar refractivity (Wildman–Crippen MR) is 78.8 cm³/mol. The molecule has 0 atom stereocenters. The van der Waals surface area contributed by atoms with Crippen molar-refractivity contribution in [3.05, 3.63) is 40.5 Å². The van der Waals surface area contributed by atoms with Gasteiger partial charge in [-0.15, -0.1) is 0 Å². The largest absolute Gasteiger partial charge is 0.383 e. The van der Waals surface area contributed by atoms with E-state index in [-0.39, 0.29) is 5.41 Å². The molecule has 2 rings (SSSR count). The van der Waals surface area contributed by atoms with Crippen LogP contribution in [0, 0.1) is 5.41 Å². The molecule has 1 aromatic heterocycles. The fourth-order valence-corrected chi connectivity index (χ4v) is 2.23. The van der Waals surface area contributed by atoms with Crippen molar-refractivity contribution in [2.75, 3.05) is 5.73 Å². The van der Waals surface area contributed by atoms with E-state index in [1.165, 1.54) is 0 Å². The molecule has 0 aliphatic carbocycles. The van der Waals surface area contributed by atoms with E-state index < -0.39 is 0 Å². The summed E-state index contributed by atoms with van der Waals surface area (Å²) in [6, 6.07) is 9.93. The molecule has 0 saturated heterocycles. The standard InChI is InChI=1S/C14H18BrN3/c1-14(2,3)9-11-12(15)13(16)18(17-11)10-7-5-4-6-8-10/h4-8H,9,16H2,1-3H3. The molecule has 0 bridgehead atoms. The second-order valence-corrected chi connectivity index (χ2v) is 6.42. The van der Waals surface area contributed by atoms with Crippen molar-refractivity contribution in [2.24, 2.45) is 5.41 Å². The molecule has 0 radical (unpaired) electrons. The second-order valence-electron chi connectivity index (χ2n) is 5.63. The lowest BCUT2D eigenvalue weighted by Gasteiger charge is -2.16. The summed E-state index contributed by atoms with van der Waals surface area (Å²) in [6.45, 7) is 6.57. The summed E-state index contributed by atoms with van der Waals surface area (Å²) in [5.41, 5.74) is 8.28.